The van der Waals surface area contributed by atoms with Gasteiger partial charge in [0.2, 0.25) is 15.9 Å². The number of benzene rings is 3. The molecule has 3 aromatic rings. The molecule has 3 aromatic carbocycles. The molecule has 236 valence electrons. The van der Waals surface area contributed by atoms with Crippen molar-refractivity contribution in [2.75, 3.05) is 19.7 Å². The van der Waals surface area contributed by atoms with Gasteiger partial charge in [0.05, 0.1) is 29.1 Å². The van der Waals surface area contributed by atoms with E-state index in [0.29, 0.717) is 24.8 Å². The van der Waals surface area contributed by atoms with E-state index in [0.717, 1.165) is 49.0 Å². The number of hydrogen-bond acceptors (Lipinski definition) is 5. The van der Waals surface area contributed by atoms with Gasteiger partial charge in [0.25, 0.3) is 0 Å². The minimum Gasteiger partial charge on any atom is -0.493 e. The van der Waals surface area contributed by atoms with Gasteiger partial charge >= 0.3 is 6.18 Å². The van der Waals surface area contributed by atoms with Gasteiger partial charge in [0.15, 0.2) is 0 Å². The van der Waals surface area contributed by atoms with Gasteiger partial charge in [-0.15, -0.1) is 0 Å². The monoisotopic (exact) mass is 669 g/mol. The molecule has 0 spiro atoms. The summed E-state index contributed by atoms with van der Waals surface area (Å²) < 4.78 is 74.7. The van der Waals surface area contributed by atoms with Crippen molar-refractivity contribution in [3.8, 4) is 5.75 Å². The summed E-state index contributed by atoms with van der Waals surface area (Å²) in [4.78, 5) is 15.2. The van der Waals surface area contributed by atoms with Crippen LogP contribution in [0.15, 0.2) is 65.6 Å². The van der Waals surface area contributed by atoms with Crippen LogP contribution in [0.5, 0.6) is 5.75 Å². The predicted octanol–water partition coefficient (Wildman–Crippen LogP) is 7.05. The number of fused-ring (bicyclic) bond motifs is 1. The van der Waals surface area contributed by atoms with Crippen LogP contribution >= 0.6 is 23.2 Å². The highest BCUT2D eigenvalue weighted by molar-refractivity contribution is 7.89. The summed E-state index contributed by atoms with van der Waals surface area (Å²) in [5.74, 6) is 0.215. The molecule has 2 aliphatic heterocycles. The van der Waals surface area contributed by atoms with Gasteiger partial charge in [0.1, 0.15) is 5.75 Å². The Morgan fingerprint density at radius 3 is 2.43 bits per heavy atom. The number of hydrogen-bond donors (Lipinski definition) is 2. The Morgan fingerprint density at radius 2 is 1.73 bits per heavy atom. The van der Waals surface area contributed by atoms with E-state index in [-0.39, 0.29) is 28.1 Å². The van der Waals surface area contributed by atoms with Crippen LogP contribution in [0.1, 0.15) is 66.4 Å². The van der Waals surface area contributed by atoms with Gasteiger partial charge in [-0.2, -0.15) is 13.2 Å². The summed E-state index contributed by atoms with van der Waals surface area (Å²) in [6.45, 7) is 3.34. The fraction of sp³-hybridized carbons (Fsp3) is 0.387. The molecule has 2 atom stereocenters. The minimum absolute atomic E-state index is 0.204. The van der Waals surface area contributed by atoms with Crippen LogP contribution in [-0.2, 0) is 27.5 Å². The van der Waals surface area contributed by atoms with Crippen LogP contribution in [0.3, 0.4) is 0 Å². The van der Waals surface area contributed by atoms with Gasteiger partial charge in [-0.1, -0.05) is 47.8 Å². The number of rotatable bonds is 9. The highest BCUT2D eigenvalue weighted by atomic mass is 35.5. The Hall–Kier alpha value is -2.83. The first-order chi connectivity index (χ1) is 20.9. The first kappa shape index (κ1) is 32.6. The Balaban J connectivity index is 1.34. The zero-order chi connectivity index (χ0) is 31.5. The molecule has 2 N–H and O–H groups in total. The number of piperidine rings is 1. The van der Waals surface area contributed by atoms with E-state index in [4.69, 9.17) is 27.9 Å². The normalized spacial score (nSPS) is 18.2. The molecule has 0 bridgehead atoms. The molecule has 1 unspecified atom stereocenters. The standard InChI is InChI=1S/C31H32Cl2F3N3O4S/c32-23-14-21(15-24(33)17-23)28(38-44(41,42)25-6-4-5-22(16-25)31(34,35)36)18-30(40)37-27-9-12-43-29-13-20(7-8-26(27)29)19-39-10-2-1-3-11-39/h4-8,13-17,27-28,38H,1-3,9-12,18-19H2,(H,37,40)/t27-,28?/m1/s1. The second-order valence-electron chi connectivity index (χ2n) is 11.1. The molecule has 13 heteroatoms. The van der Waals surface area contributed by atoms with Crippen LogP contribution in [0.4, 0.5) is 13.2 Å². The highest BCUT2D eigenvalue weighted by Gasteiger charge is 2.33. The molecule has 1 saturated heterocycles. The number of alkyl halides is 3. The minimum atomic E-state index is -4.74. The molecule has 0 aliphatic carbocycles. The lowest BCUT2D eigenvalue weighted by atomic mass is 9.97. The lowest BCUT2D eigenvalue weighted by Gasteiger charge is -2.29. The molecular formula is C31H32Cl2F3N3O4S. The summed E-state index contributed by atoms with van der Waals surface area (Å²) in [5, 5.41) is 3.39. The van der Waals surface area contributed by atoms with Crippen molar-refractivity contribution in [1.29, 1.82) is 0 Å². The molecule has 1 amide bonds. The number of halogens is 5. The van der Waals surface area contributed by atoms with Crippen molar-refractivity contribution in [3.63, 3.8) is 0 Å². The van der Waals surface area contributed by atoms with Crippen molar-refractivity contribution in [2.45, 2.75) is 61.8 Å². The fourth-order valence-electron chi connectivity index (χ4n) is 5.60. The van der Waals surface area contributed by atoms with Gasteiger partial charge < -0.3 is 10.1 Å². The van der Waals surface area contributed by atoms with E-state index in [1.807, 2.05) is 18.2 Å². The zero-order valence-electron chi connectivity index (χ0n) is 23.7. The van der Waals surface area contributed by atoms with Crippen molar-refractivity contribution >= 4 is 39.1 Å². The van der Waals surface area contributed by atoms with Crippen LogP contribution < -0.4 is 14.8 Å². The third-order valence-corrected chi connectivity index (χ3v) is 9.66. The zero-order valence-corrected chi connectivity index (χ0v) is 26.0. The summed E-state index contributed by atoms with van der Waals surface area (Å²) in [5.41, 5.74) is 1.11. The molecule has 44 heavy (non-hydrogen) atoms. The topological polar surface area (TPSA) is 87.7 Å². The maximum atomic E-state index is 13.4. The Morgan fingerprint density at radius 1 is 1.00 bits per heavy atom. The summed E-state index contributed by atoms with van der Waals surface area (Å²) >= 11 is 12.3. The van der Waals surface area contributed by atoms with E-state index in [1.165, 1.54) is 37.5 Å². The number of nitrogens with one attached hydrogen (secondary N) is 2. The number of amides is 1. The van der Waals surface area contributed by atoms with E-state index < -0.39 is 38.6 Å². The molecule has 0 radical (unpaired) electrons. The first-order valence-electron chi connectivity index (χ1n) is 14.3. The van der Waals surface area contributed by atoms with Gasteiger partial charge in [-0.25, -0.2) is 13.1 Å². The van der Waals surface area contributed by atoms with Crippen LogP contribution in [0, 0.1) is 0 Å². The molecule has 7 nitrogen and oxygen atoms in total. The average molecular weight is 671 g/mol. The van der Waals surface area contributed by atoms with Gasteiger partial charge in [0, 0.05) is 35.0 Å². The third kappa shape index (κ3) is 8.25. The number of likely N-dealkylation sites (tertiary alicyclic amines) is 1. The molecule has 2 aliphatic rings. The molecular weight excluding hydrogens is 638 g/mol. The number of ether oxygens (including phenoxy) is 1. The van der Waals surface area contributed by atoms with Crippen molar-refractivity contribution < 1.29 is 31.1 Å². The lowest BCUT2D eigenvalue weighted by Crippen LogP contribution is -2.36. The second-order valence-corrected chi connectivity index (χ2v) is 13.7. The van der Waals surface area contributed by atoms with E-state index in [1.54, 1.807) is 0 Å². The Kier molecular flexibility index (Phi) is 10.1. The lowest BCUT2D eigenvalue weighted by molar-refractivity contribution is -0.137. The maximum absolute atomic E-state index is 13.4. The predicted molar refractivity (Wildman–Crippen MR) is 162 cm³/mol. The third-order valence-electron chi connectivity index (χ3n) is 7.75. The van der Waals surface area contributed by atoms with Crippen molar-refractivity contribution in [3.05, 3.63) is 93.0 Å². The van der Waals surface area contributed by atoms with E-state index >= 15 is 0 Å². The average Bonchev–Trinajstić information content (AvgIpc) is 2.96. The van der Waals surface area contributed by atoms with Crippen LogP contribution in [-0.4, -0.2) is 38.9 Å². The molecule has 5 rings (SSSR count). The SMILES string of the molecule is O=C(CC(NS(=O)(=O)c1cccc(C(F)(F)F)c1)c1cc(Cl)cc(Cl)c1)N[C@@H]1CCOc2cc(CN3CCCCC3)ccc21. The summed E-state index contributed by atoms with van der Waals surface area (Å²) in [6, 6.07) is 12.2. The van der Waals surface area contributed by atoms with Gasteiger partial charge in [-0.3, -0.25) is 9.69 Å². The largest absolute Gasteiger partial charge is 0.493 e. The molecule has 1 fully saturated rings. The smallest absolute Gasteiger partial charge is 0.416 e. The quantitative estimate of drug-likeness (QED) is 0.255. The van der Waals surface area contributed by atoms with Crippen LogP contribution in [0.25, 0.3) is 0 Å². The molecule has 0 aromatic heterocycles. The van der Waals surface area contributed by atoms with Crippen molar-refractivity contribution in [2.24, 2.45) is 0 Å². The Bertz CT molecular complexity index is 1590. The van der Waals surface area contributed by atoms with Crippen molar-refractivity contribution in [1.82, 2.24) is 14.9 Å². The van der Waals surface area contributed by atoms with Gasteiger partial charge in [-0.05, 0) is 79.5 Å². The number of carbonyl (C=O) groups excluding carboxylic acids is 1. The molecule has 0 saturated carbocycles. The second kappa shape index (κ2) is 13.7. The number of carbonyl (C=O) groups is 1. The Labute approximate surface area is 264 Å². The van der Waals surface area contributed by atoms with E-state index in [2.05, 4.69) is 14.9 Å². The van der Waals surface area contributed by atoms with E-state index in [9.17, 15) is 26.4 Å². The fourth-order valence-corrected chi connectivity index (χ4v) is 7.41. The summed E-state index contributed by atoms with van der Waals surface area (Å²) in [6.07, 6.45) is -0.965. The highest BCUT2D eigenvalue weighted by Crippen LogP contribution is 2.35. The van der Waals surface area contributed by atoms with Crippen LogP contribution in [0.2, 0.25) is 10.0 Å². The number of nitrogens with zero attached hydrogens (tertiary/aromatic N) is 1. The molecule has 2 heterocycles. The first-order valence-corrected chi connectivity index (χ1v) is 16.5. The summed E-state index contributed by atoms with van der Waals surface area (Å²) in [7, 11) is -4.50. The maximum Gasteiger partial charge on any atom is 0.416 e. The number of sulfonamides is 1.